The Morgan fingerprint density at radius 3 is 2.58 bits per heavy atom. The van der Waals surface area contributed by atoms with Crippen molar-refractivity contribution < 1.29 is 24.2 Å². The van der Waals surface area contributed by atoms with Gasteiger partial charge in [0.25, 0.3) is 0 Å². The number of ether oxygens (including phenoxy) is 1. The van der Waals surface area contributed by atoms with Crippen molar-refractivity contribution in [3.8, 4) is 0 Å². The number of hydrogen-bond acceptors (Lipinski definition) is 6. The number of nitrogens with one attached hydrogen (secondary N) is 1. The number of carbonyl (C=O) groups excluding carboxylic acids is 2. The van der Waals surface area contributed by atoms with Gasteiger partial charge in [-0.05, 0) is 18.6 Å². The molecule has 2 rings (SSSR count). The molecule has 2 N–H and O–H groups in total. The summed E-state index contributed by atoms with van der Waals surface area (Å²) >= 11 is 0. The van der Waals surface area contributed by atoms with E-state index in [1.165, 1.54) is 6.08 Å². The second-order valence-corrected chi connectivity index (χ2v) is 7.92. The molecule has 26 heavy (non-hydrogen) atoms. The van der Waals surface area contributed by atoms with Crippen LogP contribution in [0.15, 0.2) is 11.6 Å². The number of carboxylic acids is 1. The quantitative estimate of drug-likeness (QED) is 0.690. The lowest BCUT2D eigenvalue weighted by Crippen LogP contribution is -2.69. The van der Waals surface area contributed by atoms with E-state index in [9.17, 15) is 19.5 Å². The van der Waals surface area contributed by atoms with E-state index in [1.54, 1.807) is 27.7 Å². The number of carbonyl (C=O) groups is 3. The zero-order valence-electron chi connectivity index (χ0n) is 16.1. The largest absolute Gasteiger partial charge is 0.481 e. The standard InChI is InChI=1S/C19H30N2O5/c1-13-11-15(22)19(14(2)17(13)25,18(3,4)12-16(23)24)20-5-6-21-7-9-26-10-8-21/h11,14,20H,5-10,12H2,1-4H3,(H,23,24). The first-order valence-corrected chi connectivity index (χ1v) is 9.15. The molecule has 0 saturated carbocycles. The Hall–Kier alpha value is -1.57. The van der Waals surface area contributed by atoms with Crippen LogP contribution >= 0.6 is 0 Å². The van der Waals surface area contributed by atoms with E-state index in [2.05, 4.69) is 10.2 Å². The Morgan fingerprint density at radius 2 is 2.00 bits per heavy atom. The van der Waals surface area contributed by atoms with Crippen LogP contribution < -0.4 is 5.32 Å². The van der Waals surface area contributed by atoms with E-state index in [-0.39, 0.29) is 18.0 Å². The highest BCUT2D eigenvalue weighted by Crippen LogP contribution is 2.44. The van der Waals surface area contributed by atoms with Crippen molar-refractivity contribution in [1.82, 2.24) is 10.2 Å². The van der Waals surface area contributed by atoms with E-state index < -0.39 is 22.8 Å². The van der Waals surface area contributed by atoms with Gasteiger partial charge in [0, 0.05) is 37.5 Å². The van der Waals surface area contributed by atoms with Crippen molar-refractivity contribution in [3.63, 3.8) is 0 Å². The van der Waals surface area contributed by atoms with Gasteiger partial charge in [-0.2, -0.15) is 0 Å². The number of Topliss-reactive ketones (excluding diaryl/α,β-unsaturated/α-hetero) is 1. The molecule has 2 aliphatic rings. The van der Waals surface area contributed by atoms with Crippen LogP contribution in [0, 0.1) is 11.3 Å². The fraction of sp³-hybridized carbons (Fsp3) is 0.737. The molecule has 1 aliphatic carbocycles. The van der Waals surface area contributed by atoms with Crippen LogP contribution in [0.3, 0.4) is 0 Å². The van der Waals surface area contributed by atoms with Crippen molar-refractivity contribution in [2.75, 3.05) is 39.4 Å². The van der Waals surface area contributed by atoms with Crippen molar-refractivity contribution in [2.24, 2.45) is 11.3 Å². The number of morpholine rings is 1. The Labute approximate surface area is 154 Å². The van der Waals surface area contributed by atoms with Gasteiger partial charge in [0.05, 0.1) is 25.2 Å². The zero-order valence-corrected chi connectivity index (χ0v) is 16.1. The third-order valence-corrected chi connectivity index (χ3v) is 5.76. The molecule has 0 aromatic heterocycles. The van der Waals surface area contributed by atoms with Gasteiger partial charge in [0.2, 0.25) is 0 Å². The molecule has 1 aliphatic heterocycles. The number of aliphatic carboxylic acids is 1. The maximum atomic E-state index is 13.1. The molecule has 0 aromatic rings. The number of rotatable bonds is 7. The summed E-state index contributed by atoms with van der Waals surface area (Å²) in [4.78, 5) is 39.4. The second kappa shape index (κ2) is 7.98. The minimum Gasteiger partial charge on any atom is -0.481 e. The molecule has 146 valence electrons. The molecular weight excluding hydrogens is 336 g/mol. The van der Waals surface area contributed by atoms with E-state index >= 15 is 0 Å². The average Bonchev–Trinajstić information content (AvgIpc) is 2.55. The monoisotopic (exact) mass is 366 g/mol. The van der Waals surface area contributed by atoms with E-state index in [0.29, 0.717) is 31.9 Å². The average molecular weight is 366 g/mol. The highest BCUT2D eigenvalue weighted by Gasteiger charge is 2.57. The fourth-order valence-corrected chi connectivity index (χ4v) is 4.29. The molecule has 0 aromatic carbocycles. The first-order chi connectivity index (χ1) is 12.1. The predicted molar refractivity (Wildman–Crippen MR) is 97.0 cm³/mol. The number of nitrogens with zero attached hydrogens (tertiary/aromatic N) is 1. The Balaban J connectivity index is 2.28. The van der Waals surface area contributed by atoms with Crippen molar-refractivity contribution in [1.29, 1.82) is 0 Å². The van der Waals surface area contributed by atoms with Gasteiger partial charge in [-0.25, -0.2) is 0 Å². The molecule has 1 heterocycles. The molecule has 0 bridgehead atoms. The van der Waals surface area contributed by atoms with Crippen LogP contribution in [0.5, 0.6) is 0 Å². The summed E-state index contributed by atoms with van der Waals surface area (Å²) in [6, 6.07) is 0. The van der Waals surface area contributed by atoms with Crippen LogP contribution in [-0.2, 0) is 19.1 Å². The first kappa shape index (κ1) is 20.7. The van der Waals surface area contributed by atoms with Crippen molar-refractivity contribution in [3.05, 3.63) is 11.6 Å². The minimum absolute atomic E-state index is 0.109. The molecule has 0 radical (unpaired) electrons. The van der Waals surface area contributed by atoms with Gasteiger partial charge in [-0.1, -0.05) is 20.8 Å². The summed E-state index contributed by atoms with van der Waals surface area (Å²) in [5, 5.41) is 12.7. The second-order valence-electron chi connectivity index (χ2n) is 7.92. The molecule has 2 atom stereocenters. The summed E-state index contributed by atoms with van der Waals surface area (Å²) in [5.41, 5.74) is -1.72. The summed E-state index contributed by atoms with van der Waals surface area (Å²) in [6.07, 6.45) is 1.17. The van der Waals surface area contributed by atoms with Gasteiger partial charge in [0.1, 0.15) is 0 Å². The lowest BCUT2D eigenvalue weighted by Gasteiger charge is -2.50. The highest BCUT2D eigenvalue weighted by molar-refractivity contribution is 6.14. The SMILES string of the molecule is CC1=CC(=O)C(NCCN2CCOCC2)(C(C)(C)CC(=O)O)C(C)C1=O. The van der Waals surface area contributed by atoms with Crippen LogP contribution in [-0.4, -0.2) is 72.5 Å². The molecular formula is C19H30N2O5. The van der Waals surface area contributed by atoms with Crippen molar-refractivity contribution in [2.45, 2.75) is 39.7 Å². The maximum Gasteiger partial charge on any atom is 0.303 e. The van der Waals surface area contributed by atoms with Gasteiger partial charge < -0.3 is 15.2 Å². The fourth-order valence-electron chi connectivity index (χ4n) is 4.29. The lowest BCUT2D eigenvalue weighted by atomic mass is 9.58. The lowest BCUT2D eigenvalue weighted by molar-refractivity contribution is -0.147. The van der Waals surface area contributed by atoms with Crippen LogP contribution in [0.1, 0.15) is 34.1 Å². The maximum absolute atomic E-state index is 13.1. The topological polar surface area (TPSA) is 95.9 Å². The predicted octanol–water partition coefficient (Wildman–Crippen LogP) is 0.882. The number of hydrogen-bond donors (Lipinski definition) is 2. The molecule has 1 fully saturated rings. The van der Waals surface area contributed by atoms with Crippen LogP contribution in [0.2, 0.25) is 0 Å². The van der Waals surface area contributed by atoms with E-state index in [1.807, 2.05) is 0 Å². The molecule has 2 unspecified atom stereocenters. The molecule has 0 amide bonds. The third kappa shape index (κ3) is 3.89. The number of allylic oxidation sites excluding steroid dienone is 1. The summed E-state index contributed by atoms with van der Waals surface area (Å²) in [7, 11) is 0. The zero-order chi connectivity index (χ0) is 19.5. The van der Waals surface area contributed by atoms with Crippen LogP contribution in [0.4, 0.5) is 0 Å². The smallest absolute Gasteiger partial charge is 0.303 e. The third-order valence-electron chi connectivity index (χ3n) is 5.76. The van der Waals surface area contributed by atoms with Gasteiger partial charge in [0.15, 0.2) is 11.6 Å². The van der Waals surface area contributed by atoms with Gasteiger partial charge in [-0.3, -0.25) is 19.3 Å². The molecule has 1 saturated heterocycles. The Kier molecular flexibility index (Phi) is 6.37. The Morgan fingerprint density at radius 1 is 1.38 bits per heavy atom. The van der Waals surface area contributed by atoms with Crippen LogP contribution in [0.25, 0.3) is 0 Å². The molecule has 7 nitrogen and oxygen atoms in total. The summed E-state index contributed by atoms with van der Waals surface area (Å²) < 4.78 is 5.34. The Bertz CT molecular complexity index is 607. The summed E-state index contributed by atoms with van der Waals surface area (Å²) in [5.74, 6) is -1.93. The molecule has 0 spiro atoms. The van der Waals surface area contributed by atoms with Crippen molar-refractivity contribution >= 4 is 17.5 Å². The first-order valence-electron chi connectivity index (χ1n) is 9.15. The van der Waals surface area contributed by atoms with Gasteiger partial charge in [-0.15, -0.1) is 0 Å². The normalized spacial score (nSPS) is 28.2. The summed E-state index contributed by atoms with van der Waals surface area (Å²) in [6.45, 7) is 11.1. The number of carboxylic acid groups (broad SMARTS) is 1. The van der Waals surface area contributed by atoms with E-state index in [0.717, 1.165) is 13.1 Å². The number of ketones is 2. The van der Waals surface area contributed by atoms with Gasteiger partial charge >= 0.3 is 5.97 Å². The molecule has 7 heteroatoms. The van der Waals surface area contributed by atoms with E-state index in [4.69, 9.17) is 4.74 Å². The highest BCUT2D eigenvalue weighted by atomic mass is 16.5. The minimum atomic E-state index is -1.23.